The number of carbonyl (C=O) groups excluding carboxylic acids is 1. The molecule has 0 saturated heterocycles. The fraction of sp³-hybridized carbons (Fsp3) is 0.111. The number of amides is 1. The normalized spacial score (nSPS) is 10.2. The van der Waals surface area contributed by atoms with Gasteiger partial charge in [-0.25, -0.2) is 15.0 Å². The molecular weight excluding hydrogens is 212 g/mol. The monoisotopic (exact) mass is 220 g/mol. The lowest BCUT2D eigenvalue weighted by Crippen LogP contribution is -2.09. The average Bonchev–Trinajstić information content (AvgIpc) is 2.62. The van der Waals surface area contributed by atoms with E-state index in [0.29, 0.717) is 21.4 Å². The van der Waals surface area contributed by atoms with E-state index >= 15 is 0 Å². The van der Waals surface area contributed by atoms with Crippen molar-refractivity contribution >= 4 is 17.2 Å². The van der Waals surface area contributed by atoms with Crippen LogP contribution in [0.5, 0.6) is 0 Å². The zero-order chi connectivity index (χ0) is 10.8. The van der Waals surface area contributed by atoms with E-state index in [0.717, 1.165) is 0 Å². The van der Waals surface area contributed by atoms with E-state index in [1.54, 1.807) is 25.4 Å². The third kappa shape index (κ3) is 1.84. The van der Waals surface area contributed by atoms with Crippen molar-refractivity contribution in [3.8, 4) is 10.8 Å². The molecule has 0 bridgehead atoms. The average molecular weight is 220 g/mol. The number of primary amides is 1. The number of hydrogen-bond acceptors (Lipinski definition) is 5. The molecule has 2 N–H and O–H groups in total. The molecule has 0 aliphatic rings. The number of carbonyl (C=O) groups is 1. The second-order valence-corrected chi connectivity index (χ2v) is 3.87. The van der Waals surface area contributed by atoms with Gasteiger partial charge in [0.05, 0.1) is 5.69 Å². The van der Waals surface area contributed by atoms with Crippen LogP contribution in [-0.4, -0.2) is 20.9 Å². The molecule has 15 heavy (non-hydrogen) atoms. The van der Waals surface area contributed by atoms with Crippen molar-refractivity contribution in [3.05, 3.63) is 29.0 Å². The molecule has 1 amide bonds. The van der Waals surface area contributed by atoms with Crippen LogP contribution < -0.4 is 5.73 Å². The van der Waals surface area contributed by atoms with Crippen LogP contribution in [0.4, 0.5) is 0 Å². The van der Waals surface area contributed by atoms with Crippen LogP contribution in [0.15, 0.2) is 18.5 Å². The molecule has 2 rings (SSSR count). The fourth-order valence-corrected chi connectivity index (χ4v) is 2.00. The van der Waals surface area contributed by atoms with Gasteiger partial charge in [0.1, 0.15) is 4.88 Å². The van der Waals surface area contributed by atoms with Gasteiger partial charge in [0.25, 0.3) is 5.91 Å². The van der Waals surface area contributed by atoms with Crippen molar-refractivity contribution in [1.82, 2.24) is 15.0 Å². The lowest BCUT2D eigenvalue weighted by Gasteiger charge is -1.90. The van der Waals surface area contributed by atoms with Gasteiger partial charge >= 0.3 is 0 Å². The Morgan fingerprint density at radius 1 is 1.40 bits per heavy atom. The minimum Gasteiger partial charge on any atom is -0.365 e. The van der Waals surface area contributed by atoms with Crippen molar-refractivity contribution in [3.63, 3.8) is 0 Å². The van der Waals surface area contributed by atoms with Crippen molar-refractivity contribution in [2.75, 3.05) is 0 Å². The Kier molecular flexibility index (Phi) is 2.42. The van der Waals surface area contributed by atoms with Gasteiger partial charge in [-0.1, -0.05) is 0 Å². The summed E-state index contributed by atoms with van der Waals surface area (Å²) >= 11 is 1.21. The van der Waals surface area contributed by atoms with Crippen molar-refractivity contribution in [1.29, 1.82) is 0 Å². The summed E-state index contributed by atoms with van der Waals surface area (Å²) < 4.78 is 0. The van der Waals surface area contributed by atoms with Gasteiger partial charge < -0.3 is 5.73 Å². The number of nitrogens with zero attached hydrogens (tertiary/aromatic N) is 3. The Hall–Kier alpha value is -1.82. The van der Waals surface area contributed by atoms with E-state index in [1.807, 2.05) is 0 Å². The van der Waals surface area contributed by atoms with Crippen LogP contribution in [-0.2, 0) is 0 Å². The minimum atomic E-state index is -0.466. The first-order valence-electron chi connectivity index (χ1n) is 4.23. The second kappa shape index (κ2) is 3.74. The van der Waals surface area contributed by atoms with Crippen LogP contribution in [0.2, 0.25) is 0 Å². The Balaban J connectivity index is 2.48. The van der Waals surface area contributed by atoms with E-state index in [9.17, 15) is 4.79 Å². The summed E-state index contributed by atoms with van der Waals surface area (Å²) in [6.45, 7) is 1.74. The molecule has 0 aliphatic heterocycles. The molecule has 2 aromatic heterocycles. The molecule has 2 aromatic rings. The Bertz CT molecular complexity index is 494. The number of aromatic nitrogens is 3. The van der Waals surface area contributed by atoms with E-state index in [4.69, 9.17) is 5.73 Å². The highest BCUT2D eigenvalue weighted by atomic mass is 32.1. The smallest absolute Gasteiger partial charge is 0.260 e. The summed E-state index contributed by atoms with van der Waals surface area (Å²) in [5, 5.41) is 0.613. The predicted octanol–water partition coefficient (Wildman–Crippen LogP) is 1.01. The maximum Gasteiger partial charge on any atom is 0.260 e. The number of nitrogens with two attached hydrogens (primary N) is 1. The maximum atomic E-state index is 11.0. The topological polar surface area (TPSA) is 81.8 Å². The highest BCUT2D eigenvalue weighted by Gasteiger charge is 2.14. The Labute approximate surface area is 90.0 Å². The summed E-state index contributed by atoms with van der Waals surface area (Å²) in [6, 6.07) is 1.72. The molecule has 0 spiro atoms. The predicted molar refractivity (Wildman–Crippen MR) is 56.4 cm³/mol. The fourth-order valence-electron chi connectivity index (χ4n) is 1.13. The van der Waals surface area contributed by atoms with E-state index in [2.05, 4.69) is 15.0 Å². The van der Waals surface area contributed by atoms with Crippen molar-refractivity contribution in [2.24, 2.45) is 5.73 Å². The minimum absolute atomic E-state index is 0.456. The van der Waals surface area contributed by atoms with E-state index in [1.165, 1.54) is 11.3 Å². The van der Waals surface area contributed by atoms with Crippen LogP contribution in [0.25, 0.3) is 10.8 Å². The summed E-state index contributed by atoms with van der Waals surface area (Å²) in [6.07, 6.45) is 3.26. The zero-order valence-corrected chi connectivity index (χ0v) is 8.78. The molecule has 76 valence electrons. The largest absolute Gasteiger partial charge is 0.365 e. The van der Waals surface area contributed by atoms with Gasteiger partial charge in [-0.2, -0.15) is 0 Å². The van der Waals surface area contributed by atoms with Gasteiger partial charge in [0.15, 0.2) is 10.8 Å². The molecule has 5 nitrogen and oxygen atoms in total. The maximum absolute atomic E-state index is 11.0. The molecule has 2 heterocycles. The zero-order valence-electron chi connectivity index (χ0n) is 7.97. The highest BCUT2D eigenvalue weighted by Crippen LogP contribution is 2.24. The number of aryl methyl sites for hydroxylation is 1. The van der Waals surface area contributed by atoms with Crippen LogP contribution in [0.3, 0.4) is 0 Å². The van der Waals surface area contributed by atoms with Gasteiger partial charge in [-0.15, -0.1) is 11.3 Å². The molecule has 0 unspecified atom stereocenters. The third-order valence-electron chi connectivity index (χ3n) is 1.78. The second-order valence-electron chi connectivity index (χ2n) is 2.87. The molecule has 6 heteroatoms. The molecule has 0 aromatic carbocycles. The van der Waals surface area contributed by atoms with Crippen LogP contribution >= 0.6 is 11.3 Å². The molecule has 0 radical (unpaired) electrons. The lowest BCUT2D eigenvalue weighted by atomic mass is 10.4. The number of rotatable bonds is 2. The van der Waals surface area contributed by atoms with Gasteiger partial charge in [0, 0.05) is 12.4 Å². The Morgan fingerprint density at radius 2 is 2.07 bits per heavy atom. The molecular formula is C9H8N4OS. The SMILES string of the molecule is Cc1nc(-c2ncccn2)sc1C(N)=O. The molecule has 0 saturated carbocycles. The van der Waals surface area contributed by atoms with Crippen LogP contribution in [0, 0.1) is 6.92 Å². The standard InChI is InChI=1S/C9H8N4OS/c1-5-6(7(10)14)15-9(13-5)8-11-3-2-4-12-8/h2-4H,1H3,(H2,10,14). The van der Waals surface area contributed by atoms with Crippen molar-refractivity contribution in [2.45, 2.75) is 6.92 Å². The molecule has 0 fully saturated rings. The van der Waals surface area contributed by atoms with Crippen molar-refractivity contribution < 1.29 is 4.79 Å². The first-order chi connectivity index (χ1) is 7.18. The number of hydrogen-bond donors (Lipinski definition) is 1. The Morgan fingerprint density at radius 3 is 2.60 bits per heavy atom. The van der Waals surface area contributed by atoms with E-state index < -0.39 is 5.91 Å². The summed E-state index contributed by atoms with van der Waals surface area (Å²) in [4.78, 5) is 23.8. The number of thiazole rings is 1. The van der Waals surface area contributed by atoms with Gasteiger partial charge in [0.2, 0.25) is 0 Å². The molecule has 0 aliphatic carbocycles. The third-order valence-corrected chi connectivity index (χ3v) is 2.95. The quantitative estimate of drug-likeness (QED) is 0.818. The first kappa shape index (κ1) is 9.72. The van der Waals surface area contributed by atoms with E-state index in [-0.39, 0.29) is 0 Å². The summed E-state index contributed by atoms with van der Waals surface area (Å²) in [5.41, 5.74) is 5.82. The molecule has 0 atom stereocenters. The van der Waals surface area contributed by atoms with Gasteiger partial charge in [-0.3, -0.25) is 4.79 Å². The van der Waals surface area contributed by atoms with Crippen LogP contribution in [0.1, 0.15) is 15.4 Å². The summed E-state index contributed by atoms with van der Waals surface area (Å²) in [5.74, 6) is 0.0466. The van der Waals surface area contributed by atoms with Gasteiger partial charge in [-0.05, 0) is 13.0 Å². The summed E-state index contributed by atoms with van der Waals surface area (Å²) in [7, 11) is 0. The highest BCUT2D eigenvalue weighted by molar-refractivity contribution is 7.17. The first-order valence-corrected chi connectivity index (χ1v) is 5.05. The lowest BCUT2D eigenvalue weighted by molar-refractivity contribution is 0.100.